The normalized spacial score (nSPS) is 18.6. The second-order valence-electron chi connectivity index (χ2n) is 9.23. The lowest BCUT2D eigenvalue weighted by Crippen LogP contribution is -2.38. The zero-order chi connectivity index (χ0) is 25.0. The Hall–Kier alpha value is -2.78. The first-order chi connectivity index (χ1) is 16.1. The summed E-state index contributed by atoms with van der Waals surface area (Å²) in [5.74, 6) is 0. The molecule has 9 heteroatoms. The number of aliphatic hydroxyl groups is 1. The highest BCUT2D eigenvalue weighted by Gasteiger charge is 2.36. The van der Waals surface area contributed by atoms with Gasteiger partial charge in [0.1, 0.15) is 16.2 Å². The van der Waals surface area contributed by atoms with E-state index in [4.69, 9.17) is 10.1 Å². The van der Waals surface area contributed by atoms with Crippen molar-refractivity contribution in [3.8, 4) is 0 Å². The number of carbonyl (C=O) groups excluding carboxylic acids is 1. The van der Waals surface area contributed by atoms with Crippen LogP contribution in [0.5, 0.6) is 0 Å². The van der Waals surface area contributed by atoms with Crippen LogP contribution in [-0.2, 0) is 10.3 Å². The molecule has 2 heterocycles. The van der Waals surface area contributed by atoms with E-state index in [-0.39, 0.29) is 6.09 Å². The Bertz CT molecular complexity index is 927. The van der Waals surface area contributed by atoms with Gasteiger partial charge >= 0.3 is 6.09 Å². The number of aromatic nitrogens is 1. The number of nitrogens with one attached hydrogen (secondary N) is 2. The zero-order valence-corrected chi connectivity index (χ0v) is 21.4. The number of likely N-dealkylation sites (tertiary alicyclic amines) is 1. The summed E-state index contributed by atoms with van der Waals surface area (Å²) < 4.78 is 5.38. The Morgan fingerprint density at radius 1 is 1.38 bits per heavy atom. The average Bonchev–Trinajstić information content (AvgIpc) is 3.24. The van der Waals surface area contributed by atoms with Gasteiger partial charge in [0.2, 0.25) is 0 Å². The van der Waals surface area contributed by atoms with Gasteiger partial charge in [-0.1, -0.05) is 12.1 Å². The van der Waals surface area contributed by atoms with Crippen LogP contribution >= 0.6 is 11.3 Å². The number of aliphatic imine (C=N–C) groups is 1. The monoisotopic (exact) mass is 487 g/mol. The van der Waals surface area contributed by atoms with E-state index in [9.17, 15) is 9.90 Å². The molecule has 1 aromatic heterocycles. The first kappa shape index (κ1) is 27.5. The highest BCUT2D eigenvalue weighted by Crippen LogP contribution is 2.34. The Morgan fingerprint density at radius 3 is 2.82 bits per heavy atom. The van der Waals surface area contributed by atoms with Gasteiger partial charge in [0.15, 0.2) is 0 Å². The topological polar surface area (TPSA) is 111 Å². The fraction of sp³-hybridized carbons (Fsp3) is 0.520. The third-order valence-electron chi connectivity index (χ3n) is 5.04. The molecule has 1 fully saturated rings. The number of nitrogens with zero attached hydrogens (tertiary/aromatic N) is 3. The van der Waals surface area contributed by atoms with E-state index < -0.39 is 11.2 Å². The van der Waals surface area contributed by atoms with Crippen molar-refractivity contribution in [3.05, 3.63) is 46.4 Å². The Morgan fingerprint density at radius 2 is 2.18 bits per heavy atom. The number of aryl methyl sites for hydroxylation is 1. The van der Waals surface area contributed by atoms with E-state index in [1.54, 1.807) is 17.4 Å². The number of hydrogen-bond donors (Lipinski definition) is 3. The third-order valence-corrected chi connectivity index (χ3v) is 6.01. The van der Waals surface area contributed by atoms with Crippen LogP contribution in [0.1, 0.15) is 57.0 Å². The number of carbonyl (C=O) groups is 1. The Labute approximate surface area is 206 Å². The van der Waals surface area contributed by atoms with Crippen LogP contribution in [0.2, 0.25) is 0 Å². The number of thiazole rings is 1. The van der Waals surface area contributed by atoms with Crippen molar-refractivity contribution >= 4 is 35.7 Å². The number of ether oxygens (including phenoxy) is 1. The van der Waals surface area contributed by atoms with Gasteiger partial charge in [-0.2, -0.15) is 0 Å². The lowest BCUT2D eigenvalue weighted by molar-refractivity contribution is 0.0127. The van der Waals surface area contributed by atoms with Crippen molar-refractivity contribution in [1.29, 1.82) is 5.41 Å². The fourth-order valence-electron chi connectivity index (χ4n) is 3.35. The van der Waals surface area contributed by atoms with Gasteiger partial charge in [-0.25, -0.2) is 9.78 Å². The first-order valence-electron chi connectivity index (χ1n) is 11.5. The van der Waals surface area contributed by atoms with Gasteiger partial charge in [-0.15, -0.1) is 11.3 Å². The summed E-state index contributed by atoms with van der Waals surface area (Å²) in [6.45, 7) is 9.39. The van der Waals surface area contributed by atoms with Crippen LogP contribution in [0, 0.1) is 12.3 Å². The zero-order valence-electron chi connectivity index (χ0n) is 20.6. The summed E-state index contributed by atoms with van der Waals surface area (Å²) in [6, 6.07) is 8.11. The SMILES string of the molecule is CC(C)(C)OC(=O)N1CCCC(O)(c2nccs2)CC1.Cc1cccc(NC=NCCC=N)c1. The first-order valence-corrected chi connectivity index (χ1v) is 12.4. The predicted molar refractivity (Wildman–Crippen MR) is 139 cm³/mol. The summed E-state index contributed by atoms with van der Waals surface area (Å²) >= 11 is 1.46. The van der Waals surface area contributed by atoms with Crippen LogP contribution in [0.3, 0.4) is 0 Å². The number of anilines is 1. The minimum absolute atomic E-state index is 0.305. The molecule has 34 heavy (non-hydrogen) atoms. The quantitative estimate of drug-likeness (QED) is 0.294. The van der Waals surface area contributed by atoms with E-state index in [0.29, 0.717) is 38.9 Å². The van der Waals surface area contributed by atoms with Gasteiger partial charge in [-0.05, 0) is 64.4 Å². The van der Waals surface area contributed by atoms with Gasteiger partial charge in [0, 0.05) is 49.7 Å². The lowest BCUT2D eigenvalue weighted by atomic mass is 9.96. The minimum Gasteiger partial charge on any atom is -0.444 e. The van der Waals surface area contributed by atoms with Crippen molar-refractivity contribution in [1.82, 2.24) is 9.88 Å². The van der Waals surface area contributed by atoms with Gasteiger partial charge in [-0.3, -0.25) is 4.99 Å². The van der Waals surface area contributed by atoms with Crippen molar-refractivity contribution in [2.24, 2.45) is 4.99 Å². The third kappa shape index (κ3) is 9.61. The fourth-order valence-corrected chi connectivity index (χ4v) is 4.15. The van der Waals surface area contributed by atoms with E-state index in [1.165, 1.54) is 23.1 Å². The Balaban J connectivity index is 0.000000257. The Kier molecular flexibility index (Phi) is 10.7. The molecular formula is C25H37N5O3S. The molecule has 3 rings (SSSR count). The molecule has 2 aromatic rings. The van der Waals surface area contributed by atoms with E-state index >= 15 is 0 Å². The molecule has 186 valence electrons. The smallest absolute Gasteiger partial charge is 0.410 e. The van der Waals surface area contributed by atoms with Crippen LogP contribution in [-0.4, -0.2) is 58.9 Å². The van der Waals surface area contributed by atoms with Crippen molar-refractivity contribution < 1.29 is 14.6 Å². The van der Waals surface area contributed by atoms with Gasteiger partial charge < -0.3 is 25.5 Å². The van der Waals surface area contributed by atoms with Crippen LogP contribution in [0.4, 0.5) is 10.5 Å². The molecule has 1 aliphatic rings. The lowest BCUT2D eigenvalue weighted by Gasteiger charge is -2.27. The van der Waals surface area contributed by atoms with Crippen molar-refractivity contribution in [2.45, 2.75) is 64.6 Å². The summed E-state index contributed by atoms with van der Waals surface area (Å²) in [5.41, 5.74) is 0.867. The molecular weight excluding hydrogens is 450 g/mol. The second-order valence-corrected chi connectivity index (χ2v) is 10.1. The minimum atomic E-state index is -0.912. The van der Waals surface area contributed by atoms with Crippen molar-refractivity contribution in [2.75, 3.05) is 25.0 Å². The molecule has 0 radical (unpaired) electrons. The molecule has 0 saturated carbocycles. The van der Waals surface area contributed by atoms with E-state index in [1.807, 2.05) is 38.3 Å². The number of hydrogen-bond acceptors (Lipinski definition) is 7. The van der Waals surface area contributed by atoms with Crippen LogP contribution in [0.25, 0.3) is 0 Å². The van der Waals surface area contributed by atoms with Crippen molar-refractivity contribution in [3.63, 3.8) is 0 Å². The van der Waals surface area contributed by atoms with Crippen LogP contribution < -0.4 is 5.32 Å². The number of benzene rings is 1. The molecule has 1 aromatic carbocycles. The van der Waals surface area contributed by atoms with Crippen LogP contribution in [0.15, 0.2) is 40.8 Å². The molecule has 8 nitrogen and oxygen atoms in total. The maximum atomic E-state index is 12.1. The highest BCUT2D eigenvalue weighted by molar-refractivity contribution is 7.09. The molecule has 0 aliphatic carbocycles. The summed E-state index contributed by atoms with van der Waals surface area (Å²) in [7, 11) is 0. The summed E-state index contributed by atoms with van der Waals surface area (Å²) in [6.07, 6.45) is 7.01. The number of amides is 1. The molecule has 3 N–H and O–H groups in total. The molecule has 1 saturated heterocycles. The average molecular weight is 488 g/mol. The molecule has 1 atom stereocenters. The predicted octanol–water partition coefficient (Wildman–Crippen LogP) is 5.23. The largest absolute Gasteiger partial charge is 0.444 e. The summed E-state index contributed by atoms with van der Waals surface area (Å²) in [5, 5.41) is 23.2. The van der Waals surface area contributed by atoms with E-state index in [0.717, 1.165) is 17.1 Å². The van der Waals surface area contributed by atoms with Gasteiger partial charge in [0.25, 0.3) is 0 Å². The maximum absolute atomic E-state index is 12.1. The van der Waals surface area contributed by atoms with E-state index in [2.05, 4.69) is 34.3 Å². The number of rotatable bonds is 6. The molecule has 0 spiro atoms. The molecule has 1 amide bonds. The second kappa shape index (κ2) is 13.2. The maximum Gasteiger partial charge on any atom is 0.410 e. The standard InChI is InChI=1S/C14H22N2O3S.C11H15N3/c1-13(2,3)19-12(17)16-8-4-5-14(18,6-9-16)11-15-7-10-20-11;1-10-4-2-5-11(8-10)14-9-13-7-3-6-12/h7,10,18H,4-6,8-9H2,1-3H3;2,4-6,8-9,12H,3,7H2,1H3,(H,13,14). The molecule has 1 unspecified atom stereocenters. The highest BCUT2D eigenvalue weighted by atomic mass is 32.1. The summed E-state index contributed by atoms with van der Waals surface area (Å²) in [4.78, 5) is 22.1. The molecule has 1 aliphatic heterocycles. The molecule has 0 bridgehead atoms. The van der Waals surface area contributed by atoms with Gasteiger partial charge in [0.05, 0.1) is 6.34 Å².